The summed E-state index contributed by atoms with van der Waals surface area (Å²) in [5.74, 6) is 0.313. The van der Waals surface area contributed by atoms with Gasteiger partial charge in [0.2, 0.25) is 5.82 Å². The Labute approximate surface area is 131 Å². The highest BCUT2D eigenvalue weighted by molar-refractivity contribution is 6.30. The van der Waals surface area contributed by atoms with Crippen molar-refractivity contribution < 1.29 is 14.1 Å². The molecule has 0 atom stereocenters. The molecule has 5 nitrogen and oxygen atoms in total. The van der Waals surface area contributed by atoms with Crippen LogP contribution in [0.4, 0.5) is 0 Å². The van der Waals surface area contributed by atoms with Gasteiger partial charge in [-0.15, -0.1) is 0 Å². The van der Waals surface area contributed by atoms with E-state index in [9.17, 15) is 4.79 Å². The fraction of sp³-hybridized carbons (Fsp3) is 0.0625. The molecule has 110 valence electrons. The molecular weight excluding hydrogens is 304 g/mol. The molecule has 0 saturated heterocycles. The fourth-order valence-corrected chi connectivity index (χ4v) is 2.11. The zero-order valence-electron chi connectivity index (χ0n) is 11.6. The molecule has 1 aromatic heterocycles. The van der Waals surface area contributed by atoms with Gasteiger partial charge in [0.05, 0.1) is 12.7 Å². The summed E-state index contributed by atoms with van der Waals surface area (Å²) in [6.45, 7) is 0. The van der Waals surface area contributed by atoms with Crippen molar-refractivity contribution in [3.63, 3.8) is 0 Å². The molecule has 22 heavy (non-hydrogen) atoms. The average molecular weight is 315 g/mol. The number of hydrogen-bond acceptors (Lipinski definition) is 5. The molecule has 0 aliphatic heterocycles. The molecule has 0 fully saturated rings. The fourth-order valence-electron chi connectivity index (χ4n) is 1.98. The van der Waals surface area contributed by atoms with E-state index in [1.54, 1.807) is 48.5 Å². The maximum atomic E-state index is 12.4. The molecular formula is C16H11ClN2O3. The molecule has 6 heteroatoms. The van der Waals surface area contributed by atoms with Gasteiger partial charge in [-0.2, -0.15) is 4.98 Å². The highest BCUT2D eigenvalue weighted by Crippen LogP contribution is 2.23. The van der Waals surface area contributed by atoms with Crippen molar-refractivity contribution in [1.29, 1.82) is 0 Å². The number of methoxy groups -OCH3 is 1. The van der Waals surface area contributed by atoms with Crippen LogP contribution in [-0.4, -0.2) is 23.0 Å². The van der Waals surface area contributed by atoms with Crippen LogP contribution in [0.1, 0.15) is 16.2 Å². The van der Waals surface area contributed by atoms with Gasteiger partial charge in [-0.1, -0.05) is 28.9 Å². The summed E-state index contributed by atoms with van der Waals surface area (Å²) in [5, 5.41) is 4.44. The van der Waals surface area contributed by atoms with Crippen molar-refractivity contribution in [3.8, 4) is 17.1 Å². The number of hydrogen-bond donors (Lipinski definition) is 0. The standard InChI is InChI=1S/C16H11ClN2O3/c1-21-13-5-3-2-4-12(13)14(20)16-18-15(19-22-16)10-6-8-11(17)9-7-10/h2-9H,1H3. The number of carbonyl (C=O) groups excluding carboxylic acids is 1. The highest BCUT2D eigenvalue weighted by atomic mass is 35.5. The molecule has 0 N–H and O–H groups in total. The van der Waals surface area contributed by atoms with Gasteiger partial charge in [-0.25, -0.2) is 0 Å². The summed E-state index contributed by atoms with van der Waals surface area (Å²) in [7, 11) is 1.50. The van der Waals surface area contributed by atoms with Crippen LogP contribution in [-0.2, 0) is 0 Å². The van der Waals surface area contributed by atoms with E-state index >= 15 is 0 Å². The molecule has 0 unspecified atom stereocenters. The molecule has 1 heterocycles. The zero-order valence-corrected chi connectivity index (χ0v) is 12.4. The highest BCUT2D eigenvalue weighted by Gasteiger charge is 2.21. The summed E-state index contributed by atoms with van der Waals surface area (Å²) in [6.07, 6.45) is 0. The van der Waals surface area contributed by atoms with Gasteiger partial charge in [-0.3, -0.25) is 4.79 Å². The number of ketones is 1. The van der Waals surface area contributed by atoms with Crippen LogP contribution in [0, 0.1) is 0 Å². The number of ether oxygens (including phenoxy) is 1. The van der Waals surface area contributed by atoms with Gasteiger partial charge in [0.25, 0.3) is 11.7 Å². The average Bonchev–Trinajstić information content (AvgIpc) is 3.05. The lowest BCUT2D eigenvalue weighted by Gasteiger charge is -2.03. The Morgan fingerprint density at radius 2 is 1.86 bits per heavy atom. The maximum absolute atomic E-state index is 12.4. The number of nitrogens with zero attached hydrogens (tertiary/aromatic N) is 2. The molecule has 0 amide bonds. The third-order valence-electron chi connectivity index (χ3n) is 3.07. The Kier molecular flexibility index (Phi) is 3.89. The van der Waals surface area contributed by atoms with Gasteiger partial charge in [0.15, 0.2) is 0 Å². The van der Waals surface area contributed by atoms with Crippen molar-refractivity contribution in [2.24, 2.45) is 0 Å². The summed E-state index contributed by atoms with van der Waals surface area (Å²) in [6, 6.07) is 13.8. The van der Waals surface area contributed by atoms with Gasteiger partial charge < -0.3 is 9.26 Å². The van der Waals surface area contributed by atoms with E-state index < -0.39 is 0 Å². The van der Waals surface area contributed by atoms with E-state index in [-0.39, 0.29) is 11.7 Å². The normalized spacial score (nSPS) is 10.5. The van der Waals surface area contributed by atoms with Gasteiger partial charge in [-0.05, 0) is 36.4 Å². The van der Waals surface area contributed by atoms with Crippen molar-refractivity contribution >= 4 is 17.4 Å². The van der Waals surface area contributed by atoms with E-state index in [4.69, 9.17) is 20.9 Å². The summed E-state index contributed by atoms with van der Waals surface area (Å²) < 4.78 is 10.2. The first-order chi connectivity index (χ1) is 10.7. The van der Waals surface area contributed by atoms with Gasteiger partial charge in [0.1, 0.15) is 5.75 Å². The molecule has 0 bridgehead atoms. The Bertz CT molecular complexity index is 812. The number of halogens is 1. The quantitative estimate of drug-likeness (QED) is 0.688. The molecule has 0 aliphatic carbocycles. The number of aromatic nitrogens is 2. The minimum Gasteiger partial charge on any atom is -0.496 e. The second kappa shape index (κ2) is 5.99. The van der Waals surface area contributed by atoms with Crippen molar-refractivity contribution in [2.75, 3.05) is 7.11 Å². The second-order valence-corrected chi connectivity index (χ2v) is 4.90. The van der Waals surface area contributed by atoms with Crippen LogP contribution >= 0.6 is 11.6 Å². The van der Waals surface area contributed by atoms with Crippen LogP contribution in [0.2, 0.25) is 5.02 Å². The Hall–Kier alpha value is -2.66. The van der Waals surface area contributed by atoms with Gasteiger partial charge in [0, 0.05) is 10.6 Å². The van der Waals surface area contributed by atoms with Crippen LogP contribution in [0.5, 0.6) is 5.75 Å². The number of para-hydroxylation sites is 1. The van der Waals surface area contributed by atoms with E-state index in [2.05, 4.69) is 10.1 Å². The minimum atomic E-state index is -0.384. The Morgan fingerprint density at radius 1 is 1.14 bits per heavy atom. The third kappa shape index (κ3) is 2.71. The molecule has 0 saturated carbocycles. The van der Waals surface area contributed by atoms with E-state index in [0.717, 1.165) is 0 Å². The summed E-state index contributed by atoms with van der Waals surface area (Å²) in [5.41, 5.74) is 1.09. The first-order valence-electron chi connectivity index (χ1n) is 6.46. The third-order valence-corrected chi connectivity index (χ3v) is 3.33. The summed E-state index contributed by atoms with van der Waals surface area (Å²) in [4.78, 5) is 16.6. The van der Waals surface area contributed by atoms with E-state index in [1.807, 2.05) is 0 Å². The van der Waals surface area contributed by atoms with E-state index in [1.165, 1.54) is 7.11 Å². The molecule has 3 rings (SSSR count). The van der Waals surface area contributed by atoms with Gasteiger partial charge >= 0.3 is 0 Å². The largest absolute Gasteiger partial charge is 0.496 e. The number of carbonyl (C=O) groups is 1. The first kappa shape index (κ1) is 14.3. The predicted molar refractivity (Wildman–Crippen MR) is 81.2 cm³/mol. The Morgan fingerprint density at radius 3 is 2.59 bits per heavy atom. The first-order valence-corrected chi connectivity index (χ1v) is 6.84. The minimum absolute atomic E-state index is 0.0885. The second-order valence-electron chi connectivity index (χ2n) is 4.46. The van der Waals surface area contributed by atoms with Crippen LogP contribution in [0.15, 0.2) is 53.1 Å². The van der Waals surface area contributed by atoms with Crippen LogP contribution in [0.25, 0.3) is 11.4 Å². The maximum Gasteiger partial charge on any atom is 0.299 e. The Balaban J connectivity index is 1.93. The molecule has 3 aromatic rings. The monoisotopic (exact) mass is 314 g/mol. The summed E-state index contributed by atoms with van der Waals surface area (Å²) >= 11 is 5.84. The van der Waals surface area contributed by atoms with Crippen molar-refractivity contribution in [2.45, 2.75) is 0 Å². The lowest BCUT2D eigenvalue weighted by molar-refractivity contribution is 0.0991. The zero-order chi connectivity index (χ0) is 15.5. The SMILES string of the molecule is COc1ccccc1C(=O)c1nc(-c2ccc(Cl)cc2)no1. The lowest BCUT2D eigenvalue weighted by Crippen LogP contribution is -2.04. The molecule has 0 spiro atoms. The van der Waals surface area contributed by atoms with Crippen molar-refractivity contribution in [1.82, 2.24) is 10.1 Å². The molecule has 0 aliphatic rings. The predicted octanol–water partition coefficient (Wildman–Crippen LogP) is 3.63. The topological polar surface area (TPSA) is 65.2 Å². The smallest absolute Gasteiger partial charge is 0.299 e. The lowest BCUT2D eigenvalue weighted by atomic mass is 10.1. The van der Waals surface area contributed by atoms with Crippen LogP contribution < -0.4 is 4.74 Å². The van der Waals surface area contributed by atoms with E-state index in [0.29, 0.717) is 27.7 Å². The molecule has 0 radical (unpaired) electrons. The molecule has 2 aromatic carbocycles. The number of rotatable bonds is 4. The van der Waals surface area contributed by atoms with Crippen molar-refractivity contribution in [3.05, 3.63) is 65.0 Å². The number of benzene rings is 2. The van der Waals surface area contributed by atoms with Crippen LogP contribution in [0.3, 0.4) is 0 Å².